The quantitative estimate of drug-likeness (QED) is 0.776. The molecule has 104 valence electrons. The highest BCUT2D eigenvalue weighted by molar-refractivity contribution is 5.49. The van der Waals surface area contributed by atoms with E-state index in [-0.39, 0.29) is 0 Å². The van der Waals surface area contributed by atoms with Gasteiger partial charge in [0, 0.05) is 6.42 Å². The Balaban J connectivity index is 1.59. The molecule has 0 saturated carbocycles. The molecule has 3 aromatic rings. The third kappa shape index (κ3) is 3.09. The van der Waals surface area contributed by atoms with Crippen molar-refractivity contribution in [1.82, 2.24) is 15.1 Å². The molecular formula is C15H12N4O2. The zero-order valence-corrected chi connectivity index (χ0v) is 11.1. The summed E-state index contributed by atoms with van der Waals surface area (Å²) in [5, 5.41) is 12.7. The molecule has 0 spiro atoms. The Labute approximate surface area is 121 Å². The average Bonchev–Trinajstić information content (AvgIpc) is 3.17. The number of aromatic amines is 1. The number of aromatic nitrogens is 3. The number of benzene rings is 1. The lowest BCUT2D eigenvalue weighted by Crippen LogP contribution is -2.02. The molecule has 0 atom stereocenters. The minimum Gasteiger partial charge on any atom is -0.493 e. The molecule has 0 saturated heterocycles. The molecule has 2 heterocycles. The number of nitrogens with one attached hydrogen (secondary N) is 1. The van der Waals surface area contributed by atoms with Crippen molar-refractivity contribution in [3.05, 3.63) is 54.0 Å². The number of ether oxygens (including phenoxy) is 1. The van der Waals surface area contributed by atoms with Gasteiger partial charge in [-0.1, -0.05) is 23.4 Å². The van der Waals surface area contributed by atoms with E-state index in [1.807, 2.05) is 36.4 Å². The first kappa shape index (κ1) is 12.9. The summed E-state index contributed by atoms with van der Waals surface area (Å²) >= 11 is 0. The molecule has 0 amide bonds. The summed E-state index contributed by atoms with van der Waals surface area (Å²) in [6, 6.07) is 15.0. The molecule has 0 unspecified atom stereocenters. The zero-order valence-electron chi connectivity index (χ0n) is 11.1. The van der Waals surface area contributed by atoms with Gasteiger partial charge < -0.3 is 14.2 Å². The number of rotatable bonds is 5. The molecule has 3 rings (SSSR count). The minimum absolute atomic E-state index is 0.367. The van der Waals surface area contributed by atoms with E-state index in [9.17, 15) is 0 Å². The van der Waals surface area contributed by atoms with Gasteiger partial charge in [0.25, 0.3) is 5.89 Å². The monoisotopic (exact) mass is 280 g/mol. The van der Waals surface area contributed by atoms with E-state index in [0.717, 1.165) is 5.75 Å². The van der Waals surface area contributed by atoms with Crippen molar-refractivity contribution in [2.45, 2.75) is 6.42 Å². The van der Waals surface area contributed by atoms with E-state index in [2.05, 4.69) is 15.1 Å². The highest BCUT2D eigenvalue weighted by Gasteiger charge is 2.10. The first-order valence-electron chi connectivity index (χ1n) is 6.45. The Hall–Kier alpha value is -3.07. The van der Waals surface area contributed by atoms with Crippen molar-refractivity contribution in [3.63, 3.8) is 0 Å². The lowest BCUT2D eigenvalue weighted by Gasteiger charge is -2.02. The van der Waals surface area contributed by atoms with Crippen LogP contribution in [0.15, 0.2) is 47.0 Å². The Morgan fingerprint density at radius 1 is 1.19 bits per heavy atom. The van der Waals surface area contributed by atoms with Crippen LogP contribution < -0.4 is 4.74 Å². The van der Waals surface area contributed by atoms with Gasteiger partial charge in [-0.05, 0) is 24.3 Å². The summed E-state index contributed by atoms with van der Waals surface area (Å²) in [6.45, 7) is 0.469. The highest BCUT2D eigenvalue weighted by atomic mass is 16.5. The van der Waals surface area contributed by atoms with Crippen LogP contribution in [0.5, 0.6) is 5.75 Å². The third-order valence-electron chi connectivity index (χ3n) is 2.84. The zero-order chi connectivity index (χ0) is 14.5. The van der Waals surface area contributed by atoms with Crippen LogP contribution in [0.3, 0.4) is 0 Å². The molecular weight excluding hydrogens is 268 g/mol. The second-order valence-electron chi connectivity index (χ2n) is 4.32. The van der Waals surface area contributed by atoms with Crippen LogP contribution in [0, 0.1) is 11.3 Å². The standard InChI is InChI=1S/C15H12N4O2/c16-10-11-6-7-13(17-11)15-18-14(19-21-15)8-9-20-12-4-2-1-3-5-12/h1-7,17H,8-9H2. The first-order valence-corrected chi connectivity index (χ1v) is 6.45. The Morgan fingerprint density at radius 3 is 2.81 bits per heavy atom. The van der Waals surface area contributed by atoms with Gasteiger partial charge in [-0.15, -0.1) is 0 Å². The summed E-state index contributed by atoms with van der Waals surface area (Å²) < 4.78 is 10.7. The lowest BCUT2D eigenvalue weighted by molar-refractivity contribution is 0.315. The van der Waals surface area contributed by atoms with Gasteiger partial charge in [0.2, 0.25) is 0 Å². The predicted octanol–water partition coefficient (Wildman–Crippen LogP) is 2.56. The molecule has 6 heteroatoms. The molecule has 0 radical (unpaired) electrons. The normalized spacial score (nSPS) is 10.2. The summed E-state index contributed by atoms with van der Waals surface area (Å²) in [7, 11) is 0. The largest absolute Gasteiger partial charge is 0.493 e. The molecule has 2 aromatic heterocycles. The van der Waals surface area contributed by atoms with Crippen LogP contribution in [-0.2, 0) is 6.42 Å². The Bertz CT molecular complexity index is 755. The smallest absolute Gasteiger partial charge is 0.274 e. The van der Waals surface area contributed by atoms with Gasteiger partial charge in [0.1, 0.15) is 23.2 Å². The van der Waals surface area contributed by atoms with E-state index < -0.39 is 0 Å². The van der Waals surface area contributed by atoms with Crippen LogP contribution in [0.1, 0.15) is 11.5 Å². The molecule has 6 nitrogen and oxygen atoms in total. The molecule has 0 aliphatic carbocycles. The molecule has 0 fully saturated rings. The van der Waals surface area contributed by atoms with Gasteiger partial charge >= 0.3 is 0 Å². The van der Waals surface area contributed by atoms with E-state index in [1.165, 1.54) is 0 Å². The van der Waals surface area contributed by atoms with Crippen molar-refractivity contribution < 1.29 is 9.26 Å². The summed E-state index contributed by atoms with van der Waals surface area (Å²) in [5.74, 6) is 1.74. The van der Waals surface area contributed by atoms with Crippen molar-refractivity contribution >= 4 is 0 Å². The SMILES string of the molecule is N#Cc1ccc(-c2nc(CCOc3ccccc3)no2)[nH]1. The Morgan fingerprint density at radius 2 is 2.05 bits per heavy atom. The second kappa shape index (κ2) is 5.92. The van der Waals surface area contributed by atoms with Crippen molar-refractivity contribution in [1.29, 1.82) is 5.26 Å². The van der Waals surface area contributed by atoms with E-state index in [4.69, 9.17) is 14.5 Å². The summed E-state index contributed by atoms with van der Waals surface area (Å²) in [4.78, 5) is 7.15. The maximum absolute atomic E-state index is 8.76. The van der Waals surface area contributed by atoms with Crippen LogP contribution in [-0.4, -0.2) is 21.7 Å². The number of hydrogen-bond acceptors (Lipinski definition) is 5. The van der Waals surface area contributed by atoms with Gasteiger partial charge in [-0.3, -0.25) is 0 Å². The van der Waals surface area contributed by atoms with Crippen molar-refractivity contribution in [3.8, 4) is 23.4 Å². The highest BCUT2D eigenvalue weighted by Crippen LogP contribution is 2.16. The molecule has 0 aliphatic heterocycles. The minimum atomic E-state index is 0.367. The number of hydrogen-bond donors (Lipinski definition) is 1. The number of nitrogens with zero attached hydrogens (tertiary/aromatic N) is 3. The molecule has 1 N–H and O–H groups in total. The average molecular weight is 280 g/mol. The fourth-order valence-electron chi connectivity index (χ4n) is 1.83. The maximum Gasteiger partial charge on any atom is 0.274 e. The lowest BCUT2D eigenvalue weighted by atomic mass is 10.3. The van der Waals surface area contributed by atoms with E-state index in [0.29, 0.717) is 36.1 Å². The second-order valence-corrected chi connectivity index (χ2v) is 4.32. The molecule has 0 bridgehead atoms. The van der Waals surface area contributed by atoms with Crippen LogP contribution in [0.2, 0.25) is 0 Å². The number of para-hydroxylation sites is 1. The maximum atomic E-state index is 8.76. The van der Waals surface area contributed by atoms with Crippen molar-refractivity contribution in [2.75, 3.05) is 6.61 Å². The van der Waals surface area contributed by atoms with Crippen LogP contribution in [0.25, 0.3) is 11.6 Å². The topological polar surface area (TPSA) is 87.7 Å². The van der Waals surface area contributed by atoms with Gasteiger partial charge in [-0.2, -0.15) is 10.2 Å². The van der Waals surface area contributed by atoms with Gasteiger partial charge in [-0.25, -0.2) is 0 Å². The molecule has 0 aliphatic rings. The fourth-order valence-corrected chi connectivity index (χ4v) is 1.83. The van der Waals surface area contributed by atoms with E-state index in [1.54, 1.807) is 12.1 Å². The number of H-pyrrole nitrogens is 1. The van der Waals surface area contributed by atoms with E-state index >= 15 is 0 Å². The van der Waals surface area contributed by atoms with Crippen LogP contribution in [0.4, 0.5) is 0 Å². The van der Waals surface area contributed by atoms with Gasteiger partial charge in [0.15, 0.2) is 5.82 Å². The fraction of sp³-hybridized carbons (Fsp3) is 0.133. The first-order chi connectivity index (χ1) is 10.3. The predicted molar refractivity (Wildman–Crippen MR) is 74.4 cm³/mol. The molecule has 1 aromatic carbocycles. The third-order valence-corrected chi connectivity index (χ3v) is 2.84. The van der Waals surface area contributed by atoms with Gasteiger partial charge in [0.05, 0.1) is 6.61 Å². The number of nitriles is 1. The summed E-state index contributed by atoms with van der Waals surface area (Å²) in [6.07, 6.45) is 0.546. The van der Waals surface area contributed by atoms with Crippen molar-refractivity contribution in [2.24, 2.45) is 0 Å². The van der Waals surface area contributed by atoms with Crippen LogP contribution >= 0.6 is 0 Å². The molecule has 21 heavy (non-hydrogen) atoms. The summed E-state index contributed by atoms with van der Waals surface area (Å²) in [5.41, 5.74) is 1.09. The Kier molecular flexibility index (Phi) is 3.65.